The summed E-state index contributed by atoms with van der Waals surface area (Å²) >= 11 is 0. The van der Waals surface area contributed by atoms with Crippen LogP contribution >= 0.6 is 0 Å². The highest BCUT2D eigenvalue weighted by Gasteiger charge is 2.09. The van der Waals surface area contributed by atoms with E-state index in [1.165, 1.54) is 0 Å². The van der Waals surface area contributed by atoms with Crippen molar-refractivity contribution in [3.63, 3.8) is 0 Å². The molecule has 0 heterocycles. The maximum Gasteiger partial charge on any atom is 0.340 e. The molecule has 4 heteroatoms. The van der Waals surface area contributed by atoms with Crippen molar-refractivity contribution in [2.45, 2.75) is 0 Å². The van der Waals surface area contributed by atoms with Gasteiger partial charge in [0.2, 0.25) is 0 Å². The summed E-state index contributed by atoms with van der Waals surface area (Å²) in [5, 5.41) is 0. The minimum Gasteiger partial charge on any atom is -0.435 e. The predicted molar refractivity (Wildman–Crippen MR) is 64.6 cm³/mol. The summed E-state index contributed by atoms with van der Waals surface area (Å²) in [6.45, 7) is 4.43. The zero-order valence-electron chi connectivity index (χ0n) is 9.85. The summed E-state index contributed by atoms with van der Waals surface area (Å²) in [6, 6.07) is 7.10. The van der Waals surface area contributed by atoms with Crippen LogP contribution < -0.4 is 0 Å². The van der Waals surface area contributed by atoms with E-state index in [4.69, 9.17) is 14.2 Å². The van der Waals surface area contributed by atoms with Gasteiger partial charge >= 0.3 is 5.97 Å². The van der Waals surface area contributed by atoms with Crippen molar-refractivity contribution in [3.8, 4) is 0 Å². The summed E-state index contributed by atoms with van der Waals surface area (Å²) in [4.78, 5) is 11.7. The van der Waals surface area contributed by atoms with Crippen molar-refractivity contribution < 1.29 is 19.0 Å². The highest BCUT2D eigenvalue weighted by molar-refractivity contribution is 5.93. The lowest BCUT2D eigenvalue weighted by Crippen LogP contribution is -2.12. The molecule has 0 spiro atoms. The van der Waals surface area contributed by atoms with Crippen LogP contribution in [0.1, 0.15) is 15.9 Å². The lowest BCUT2D eigenvalue weighted by molar-refractivity contribution is -0.0436. The number of esters is 1. The van der Waals surface area contributed by atoms with Gasteiger partial charge in [0, 0.05) is 7.11 Å². The van der Waals surface area contributed by atoms with E-state index < -0.39 is 5.97 Å². The number of ether oxygens (including phenoxy) is 3. The topological polar surface area (TPSA) is 44.8 Å². The third kappa shape index (κ3) is 4.38. The van der Waals surface area contributed by atoms with Crippen LogP contribution in [0.3, 0.4) is 0 Å². The van der Waals surface area contributed by atoms with Crippen LogP contribution in [0.15, 0.2) is 30.8 Å². The molecule has 0 bridgehead atoms. The Hall–Kier alpha value is -1.65. The van der Waals surface area contributed by atoms with Crippen LogP contribution in [0, 0.1) is 0 Å². The average molecular weight is 236 g/mol. The molecule has 0 aliphatic rings. The van der Waals surface area contributed by atoms with Gasteiger partial charge in [0.25, 0.3) is 0 Å². The van der Waals surface area contributed by atoms with Crippen LogP contribution in [0.25, 0.3) is 6.08 Å². The van der Waals surface area contributed by atoms with E-state index in [9.17, 15) is 4.79 Å². The zero-order valence-corrected chi connectivity index (χ0v) is 9.85. The molecule has 0 saturated carbocycles. The van der Waals surface area contributed by atoms with Crippen molar-refractivity contribution in [3.05, 3.63) is 42.0 Å². The highest BCUT2D eigenvalue weighted by atomic mass is 16.7. The number of methoxy groups -OCH3 is 1. The van der Waals surface area contributed by atoms with Gasteiger partial charge < -0.3 is 14.2 Å². The molecule has 0 atom stereocenters. The number of benzene rings is 1. The molecule has 0 N–H and O–H groups in total. The average Bonchev–Trinajstić information content (AvgIpc) is 2.38. The Morgan fingerprint density at radius 2 is 2.12 bits per heavy atom. The summed E-state index contributed by atoms with van der Waals surface area (Å²) in [7, 11) is 1.58. The van der Waals surface area contributed by atoms with Crippen LogP contribution in [0.2, 0.25) is 0 Å². The molecule has 17 heavy (non-hydrogen) atoms. The Labute approximate surface area is 101 Å². The normalized spacial score (nSPS) is 9.94. The Kier molecular flexibility index (Phi) is 5.99. The third-order valence-corrected chi connectivity index (χ3v) is 2.11. The third-order valence-electron chi connectivity index (χ3n) is 2.11. The van der Waals surface area contributed by atoms with E-state index in [2.05, 4.69) is 6.58 Å². The van der Waals surface area contributed by atoms with Gasteiger partial charge in [-0.1, -0.05) is 30.9 Å². The number of hydrogen-bond donors (Lipinski definition) is 0. The first-order chi connectivity index (χ1) is 8.29. The second kappa shape index (κ2) is 7.60. The smallest absolute Gasteiger partial charge is 0.340 e. The van der Waals surface area contributed by atoms with Crippen molar-refractivity contribution in [2.75, 3.05) is 27.1 Å². The second-order valence-electron chi connectivity index (χ2n) is 3.24. The fourth-order valence-corrected chi connectivity index (χ4v) is 1.24. The van der Waals surface area contributed by atoms with Crippen LogP contribution in [0.4, 0.5) is 0 Å². The van der Waals surface area contributed by atoms with Crippen LogP contribution in [-0.2, 0) is 14.2 Å². The first-order valence-corrected chi connectivity index (χ1v) is 5.25. The van der Waals surface area contributed by atoms with Crippen molar-refractivity contribution in [1.82, 2.24) is 0 Å². The highest BCUT2D eigenvalue weighted by Crippen LogP contribution is 2.11. The van der Waals surface area contributed by atoms with E-state index >= 15 is 0 Å². The molecule has 0 aromatic heterocycles. The number of carbonyl (C=O) groups excluding carboxylic acids is 1. The second-order valence-corrected chi connectivity index (χ2v) is 3.24. The maximum atomic E-state index is 11.7. The Balaban J connectivity index is 2.44. The zero-order chi connectivity index (χ0) is 12.5. The first kappa shape index (κ1) is 13.4. The summed E-state index contributed by atoms with van der Waals surface area (Å²) in [6.07, 6.45) is 1.61. The maximum absolute atomic E-state index is 11.7. The number of hydrogen-bond acceptors (Lipinski definition) is 4. The van der Waals surface area contributed by atoms with Gasteiger partial charge in [-0.3, -0.25) is 0 Å². The molecule has 0 amide bonds. The van der Waals surface area contributed by atoms with Crippen molar-refractivity contribution in [1.29, 1.82) is 0 Å². The van der Waals surface area contributed by atoms with Gasteiger partial charge in [-0.2, -0.15) is 0 Å². The molecule has 0 radical (unpaired) electrons. The molecule has 0 unspecified atom stereocenters. The SMILES string of the molecule is C=Cc1ccccc1C(=O)OCOCCOC. The molecule has 1 aromatic carbocycles. The standard InChI is InChI=1S/C13H16O4/c1-3-11-6-4-5-7-12(11)13(14)17-10-16-9-8-15-2/h3-7H,1,8-10H2,2H3. The van der Waals surface area contributed by atoms with Gasteiger partial charge in [0.15, 0.2) is 6.79 Å². The van der Waals surface area contributed by atoms with Gasteiger partial charge in [0.1, 0.15) is 0 Å². The van der Waals surface area contributed by atoms with Gasteiger partial charge in [-0.25, -0.2) is 4.79 Å². The molecule has 4 nitrogen and oxygen atoms in total. The summed E-state index contributed by atoms with van der Waals surface area (Å²) in [5.41, 5.74) is 1.23. The number of rotatable bonds is 7. The Morgan fingerprint density at radius 1 is 1.35 bits per heavy atom. The summed E-state index contributed by atoms with van der Waals surface area (Å²) in [5.74, 6) is -0.419. The fourth-order valence-electron chi connectivity index (χ4n) is 1.24. The van der Waals surface area contributed by atoms with Crippen molar-refractivity contribution in [2.24, 2.45) is 0 Å². The fraction of sp³-hybridized carbons (Fsp3) is 0.308. The summed E-state index contributed by atoms with van der Waals surface area (Å²) < 4.78 is 14.8. The van der Waals surface area contributed by atoms with Gasteiger partial charge in [-0.15, -0.1) is 0 Å². The number of carbonyl (C=O) groups is 1. The predicted octanol–water partition coefficient (Wildman–Crippen LogP) is 2.11. The molecule has 92 valence electrons. The monoisotopic (exact) mass is 236 g/mol. The molecule has 0 aliphatic carbocycles. The van der Waals surface area contributed by atoms with Gasteiger partial charge in [-0.05, 0) is 11.6 Å². The lowest BCUT2D eigenvalue weighted by Gasteiger charge is -2.07. The molecule has 1 aromatic rings. The quantitative estimate of drug-likeness (QED) is 0.413. The molecule has 0 fully saturated rings. The minimum atomic E-state index is -0.419. The van der Waals surface area contributed by atoms with E-state index in [-0.39, 0.29) is 6.79 Å². The Bertz CT molecular complexity index is 373. The largest absolute Gasteiger partial charge is 0.435 e. The molecule has 1 rings (SSSR count). The first-order valence-electron chi connectivity index (χ1n) is 5.25. The van der Waals surface area contributed by atoms with E-state index in [1.807, 2.05) is 6.07 Å². The molecular formula is C13H16O4. The van der Waals surface area contributed by atoms with Crippen molar-refractivity contribution >= 4 is 12.0 Å². The van der Waals surface area contributed by atoms with Crippen LogP contribution in [-0.4, -0.2) is 33.1 Å². The van der Waals surface area contributed by atoms with Crippen LogP contribution in [0.5, 0.6) is 0 Å². The molecular weight excluding hydrogens is 220 g/mol. The Morgan fingerprint density at radius 3 is 2.82 bits per heavy atom. The minimum absolute atomic E-state index is 0.0757. The molecule has 0 saturated heterocycles. The van der Waals surface area contributed by atoms with Gasteiger partial charge in [0.05, 0.1) is 18.8 Å². The molecule has 0 aliphatic heterocycles. The van der Waals surface area contributed by atoms with E-state index in [0.717, 1.165) is 5.56 Å². The van der Waals surface area contributed by atoms with E-state index in [1.54, 1.807) is 31.4 Å². The lowest BCUT2D eigenvalue weighted by atomic mass is 10.1. The van der Waals surface area contributed by atoms with E-state index in [0.29, 0.717) is 18.8 Å².